The highest BCUT2D eigenvalue weighted by atomic mass is 32.2. The highest BCUT2D eigenvalue weighted by molar-refractivity contribution is 7.90. The van der Waals surface area contributed by atoms with E-state index < -0.39 is 21.7 Å². The van der Waals surface area contributed by atoms with Gasteiger partial charge in [0, 0.05) is 19.0 Å². The Bertz CT molecular complexity index is 978. The molecule has 0 aliphatic carbocycles. The number of aryl methyl sites for hydroxylation is 2. The van der Waals surface area contributed by atoms with Crippen molar-refractivity contribution in [3.63, 3.8) is 0 Å². The average molecular weight is 381 g/mol. The predicted octanol–water partition coefficient (Wildman–Crippen LogP) is 1.16. The molecule has 0 saturated carbocycles. The Morgan fingerprint density at radius 3 is 2.42 bits per heavy atom. The van der Waals surface area contributed by atoms with Gasteiger partial charge in [-0.2, -0.15) is 5.10 Å². The Kier molecular flexibility index (Phi) is 5.36. The van der Waals surface area contributed by atoms with Crippen LogP contribution in [-0.4, -0.2) is 48.0 Å². The molecule has 2 rings (SSSR count). The van der Waals surface area contributed by atoms with Gasteiger partial charge in [-0.1, -0.05) is 0 Å². The van der Waals surface area contributed by atoms with Crippen molar-refractivity contribution in [2.45, 2.75) is 18.7 Å². The number of carboxylic acids is 1. The van der Waals surface area contributed by atoms with E-state index in [0.29, 0.717) is 11.4 Å². The Morgan fingerprint density at radius 1 is 1.27 bits per heavy atom. The molecule has 0 saturated heterocycles. The van der Waals surface area contributed by atoms with E-state index in [1.807, 2.05) is 0 Å². The summed E-state index contributed by atoms with van der Waals surface area (Å²) < 4.78 is 30.5. The number of hydrogen-bond donors (Lipinski definition) is 2. The maximum atomic E-state index is 12.1. The summed E-state index contributed by atoms with van der Waals surface area (Å²) in [6.07, 6.45) is 0.955. The normalized spacial score (nSPS) is 11.2. The van der Waals surface area contributed by atoms with Gasteiger partial charge in [0.1, 0.15) is 5.69 Å². The number of aromatic nitrogens is 2. The Morgan fingerprint density at radius 2 is 1.92 bits per heavy atom. The molecule has 0 aliphatic rings. The number of amides is 1. The average Bonchev–Trinajstić information content (AvgIpc) is 2.76. The highest BCUT2D eigenvalue weighted by Crippen LogP contribution is 2.22. The maximum Gasteiger partial charge on any atom is 0.335 e. The van der Waals surface area contributed by atoms with Crippen molar-refractivity contribution < 1.29 is 27.9 Å². The molecule has 2 N–H and O–H groups in total. The molecular weight excluding hydrogens is 362 g/mol. The fraction of sp³-hybridized carbons (Fsp3) is 0.312. The Labute approximate surface area is 150 Å². The summed E-state index contributed by atoms with van der Waals surface area (Å²) in [6.45, 7) is 3.20. The second kappa shape index (κ2) is 7.16. The molecule has 140 valence electrons. The number of nitrogens with zero attached hydrogens (tertiary/aromatic N) is 2. The zero-order valence-corrected chi connectivity index (χ0v) is 15.5. The third kappa shape index (κ3) is 4.39. The first kappa shape index (κ1) is 19.4. The first-order chi connectivity index (χ1) is 12.0. The van der Waals surface area contributed by atoms with Crippen LogP contribution in [0.15, 0.2) is 23.1 Å². The van der Waals surface area contributed by atoms with Crippen LogP contribution in [0.3, 0.4) is 0 Å². The van der Waals surface area contributed by atoms with Crippen LogP contribution in [0.25, 0.3) is 0 Å². The van der Waals surface area contributed by atoms with E-state index in [4.69, 9.17) is 9.84 Å². The first-order valence-electron chi connectivity index (χ1n) is 7.50. The van der Waals surface area contributed by atoms with E-state index in [-0.39, 0.29) is 22.8 Å². The monoisotopic (exact) mass is 381 g/mol. The van der Waals surface area contributed by atoms with Crippen molar-refractivity contribution >= 4 is 27.4 Å². The standard InChI is InChI=1S/C16H19N3O6S/c1-9-15(10(2)19(3)18-9)25-8-14(20)17-12-5-11(16(21)22)6-13(7-12)26(4,23)24/h5-7H,8H2,1-4H3,(H,17,20)(H,21,22). The van der Waals surface area contributed by atoms with E-state index in [0.717, 1.165) is 18.0 Å². The molecule has 26 heavy (non-hydrogen) atoms. The summed E-state index contributed by atoms with van der Waals surface area (Å²) in [5, 5.41) is 15.7. The summed E-state index contributed by atoms with van der Waals surface area (Å²) >= 11 is 0. The molecule has 0 unspecified atom stereocenters. The van der Waals surface area contributed by atoms with Crippen molar-refractivity contribution in [2.24, 2.45) is 7.05 Å². The molecular formula is C16H19N3O6S. The largest absolute Gasteiger partial charge is 0.480 e. The van der Waals surface area contributed by atoms with Crippen LogP contribution < -0.4 is 10.1 Å². The summed E-state index contributed by atoms with van der Waals surface area (Å²) in [4.78, 5) is 23.1. The molecule has 10 heteroatoms. The lowest BCUT2D eigenvalue weighted by Crippen LogP contribution is -2.21. The minimum Gasteiger partial charge on any atom is -0.480 e. The number of nitrogens with one attached hydrogen (secondary N) is 1. The van der Waals surface area contributed by atoms with E-state index in [2.05, 4.69) is 10.4 Å². The fourth-order valence-electron chi connectivity index (χ4n) is 2.31. The van der Waals surface area contributed by atoms with Crippen LogP contribution in [-0.2, 0) is 21.7 Å². The molecule has 9 nitrogen and oxygen atoms in total. The third-order valence-electron chi connectivity index (χ3n) is 3.66. The molecule has 0 spiro atoms. The number of carbonyl (C=O) groups is 2. The van der Waals surface area contributed by atoms with Gasteiger partial charge in [0.05, 0.1) is 16.2 Å². The van der Waals surface area contributed by atoms with Gasteiger partial charge in [-0.3, -0.25) is 9.48 Å². The highest BCUT2D eigenvalue weighted by Gasteiger charge is 2.16. The molecule has 1 amide bonds. The van der Waals surface area contributed by atoms with Gasteiger partial charge < -0.3 is 15.2 Å². The number of anilines is 1. The van der Waals surface area contributed by atoms with Gasteiger partial charge >= 0.3 is 5.97 Å². The lowest BCUT2D eigenvalue weighted by molar-refractivity contribution is -0.118. The molecule has 1 aromatic carbocycles. The predicted molar refractivity (Wildman–Crippen MR) is 93.3 cm³/mol. The zero-order chi connectivity index (χ0) is 19.6. The summed E-state index contributed by atoms with van der Waals surface area (Å²) in [7, 11) is -1.89. The maximum absolute atomic E-state index is 12.1. The van der Waals surface area contributed by atoms with Crippen molar-refractivity contribution in [3.8, 4) is 5.75 Å². The quantitative estimate of drug-likeness (QED) is 0.768. The van der Waals surface area contributed by atoms with E-state index in [1.54, 1.807) is 25.6 Å². The summed E-state index contributed by atoms with van der Waals surface area (Å²) in [5.74, 6) is -1.38. The number of hydrogen-bond acceptors (Lipinski definition) is 6. The van der Waals surface area contributed by atoms with Crippen molar-refractivity contribution in [1.82, 2.24) is 9.78 Å². The Hall–Kier alpha value is -2.88. The van der Waals surface area contributed by atoms with Gasteiger partial charge in [-0.05, 0) is 32.0 Å². The number of carboxylic acid groups (broad SMARTS) is 1. The van der Waals surface area contributed by atoms with Gasteiger partial charge in [0.25, 0.3) is 5.91 Å². The van der Waals surface area contributed by atoms with Crippen molar-refractivity contribution in [3.05, 3.63) is 35.2 Å². The second-order valence-corrected chi connectivity index (χ2v) is 7.80. The molecule has 0 atom stereocenters. The van der Waals surface area contributed by atoms with E-state index >= 15 is 0 Å². The molecule has 2 aromatic rings. The molecule has 0 bridgehead atoms. The van der Waals surface area contributed by atoms with Crippen molar-refractivity contribution in [1.29, 1.82) is 0 Å². The molecule has 0 aliphatic heterocycles. The summed E-state index contributed by atoms with van der Waals surface area (Å²) in [5.41, 5.74) is 1.19. The SMILES string of the molecule is Cc1nn(C)c(C)c1OCC(=O)Nc1cc(C(=O)O)cc(S(C)(=O)=O)c1. The number of benzene rings is 1. The third-order valence-corrected chi connectivity index (χ3v) is 4.75. The number of aromatic carboxylic acids is 1. The number of rotatable bonds is 6. The van der Waals surface area contributed by atoms with E-state index in [1.165, 1.54) is 12.1 Å². The Balaban J connectivity index is 2.18. The summed E-state index contributed by atoms with van der Waals surface area (Å²) in [6, 6.07) is 3.40. The van der Waals surface area contributed by atoms with Gasteiger partial charge in [0.15, 0.2) is 22.2 Å². The van der Waals surface area contributed by atoms with E-state index in [9.17, 15) is 18.0 Å². The molecule has 0 radical (unpaired) electrons. The van der Waals surface area contributed by atoms with Crippen LogP contribution >= 0.6 is 0 Å². The first-order valence-corrected chi connectivity index (χ1v) is 9.39. The topological polar surface area (TPSA) is 128 Å². The smallest absolute Gasteiger partial charge is 0.335 e. The van der Waals surface area contributed by atoms with Crippen LogP contribution in [0.2, 0.25) is 0 Å². The lowest BCUT2D eigenvalue weighted by atomic mass is 10.2. The molecule has 0 fully saturated rings. The fourth-order valence-corrected chi connectivity index (χ4v) is 2.99. The molecule has 1 heterocycles. The second-order valence-electron chi connectivity index (χ2n) is 5.78. The number of ether oxygens (including phenoxy) is 1. The number of sulfone groups is 1. The minimum atomic E-state index is -3.64. The van der Waals surface area contributed by atoms with Gasteiger partial charge in [-0.25, -0.2) is 13.2 Å². The number of carbonyl (C=O) groups excluding carboxylic acids is 1. The molecule has 1 aromatic heterocycles. The van der Waals surface area contributed by atoms with Crippen molar-refractivity contribution in [2.75, 3.05) is 18.2 Å². The lowest BCUT2D eigenvalue weighted by Gasteiger charge is -2.10. The van der Waals surface area contributed by atoms with Crippen LogP contribution in [0, 0.1) is 13.8 Å². The van der Waals surface area contributed by atoms with Gasteiger partial charge in [-0.15, -0.1) is 0 Å². The van der Waals surface area contributed by atoms with Crippen LogP contribution in [0.5, 0.6) is 5.75 Å². The van der Waals surface area contributed by atoms with Crippen LogP contribution in [0.4, 0.5) is 5.69 Å². The minimum absolute atomic E-state index is 0.0542. The van der Waals surface area contributed by atoms with Gasteiger partial charge in [0.2, 0.25) is 0 Å². The van der Waals surface area contributed by atoms with Crippen LogP contribution in [0.1, 0.15) is 21.7 Å². The zero-order valence-electron chi connectivity index (χ0n) is 14.7.